The molecule has 0 aliphatic carbocycles. The van der Waals surface area contributed by atoms with Gasteiger partial charge in [0, 0.05) is 23.3 Å². The Hall–Kier alpha value is -2.21. The van der Waals surface area contributed by atoms with Gasteiger partial charge in [-0.3, -0.25) is 4.79 Å². The first-order chi connectivity index (χ1) is 9.22. The van der Waals surface area contributed by atoms with E-state index in [4.69, 9.17) is 0 Å². The molecule has 6 heteroatoms. The van der Waals surface area contributed by atoms with E-state index in [1.165, 1.54) is 0 Å². The minimum absolute atomic E-state index is 0.102. The minimum Gasteiger partial charge on any atom is -0.346 e. The fourth-order valence-corrected chi connectivity index (χ4v) is 2.44. The van der Waals surface area contributed by atoms with E-state index < -0.39 is 0 Å². The number of nitrogens with zero attached hydrogens (tertiary/aromatic N) is 3. The van der Waals surface area contributed by atoms with Gasteiger partial charge < -0.3 is 5.32 Å². The Balaban J connectivity index is 1.72. The number of carbonyl (C=O) groups is 1. The van der Waals surface area contributed by atoms with Gasteiger partial charge in [-0.1, -0.05) is 0 Å². The van der Waals surface area contributed by atoms with Crippen molar-refractivity contribution in [1.29, 1.82) is 0 Å². The molecule has 3 heterocycles. The molecule has 0 aliphatic heterocycles. The molecule has 0 spiro atoms. The molecule has 0 unspecified atom stereocenters. The van der Waals surface area contributed by atoms with Crippen molar-refractivity contribution in [2.75, 3.05) is 0 Å². The van der Waals surface area contributed by atoms with Crippen LogP contribution >= 0.6 is 11.3 Å². The van der Waals surface area contributed by atoms with Crippen molar-refractivity contribution in [2.24, 2.45) is 0 Å². The first-order valence-electron chi connectivity index (χ1n) is 5.85. The zero-order valence-electron chi connectivity index (χ0n) is 10.3. The molecule has 19 heavy (non-hydrogen) atoms. The summed E-state index contributed by atoms with van der Waals surface area (Å²) in [5.74, 6) is -0.102. The Morgan fingerprint density at radius 1 is 1.47 bits per heavy atom. The lowest BCUT2D eigenvalue weighted by molar-refractivity contribution is 0.0950. The predicted octanol–water partition coefficient (Wildman–Crippen LogP) is 2.03. The molecule has 3 aromatic heterocycles. The molecule has 0 saturated heterocycles. The van der Waals surface area contributed by atoms with Gasteiger partial charge in [-0.15, -0.1) is 11.3 Å². The molecule has 0 aromatic carbocycles. The van der Waals surface area contributed by atoms with Crippen LogP contribution in [0.25, 0.3) is 5.52 Å². The second kappa shape index (κ2) is 4.81. The summed E-state index contributed by atoms with van der Waals surface area (Å²) in [6.45, 7) is 2.40. The molecular weight excluding hydrogens is 260 g/mol. The number of hydrogen-bond donors (Lipinski definition) is 1. The third-order valence-corrected chi connectivity index (χ3v) is 3.58. The topological polar surface area (TPSA) is 59.3 Å². The lowest BCUT2D eigenvalue weighted by Crippen LogP contribution is -2.23. The van der Waals surface area contributed by atoms with Crippen LogP contribution in [0.3, 0.4) is 0 Å². The highest BCUT2D eigenvalue weighted by Crippen LogP contribution is 2.09. The number of aryl methyl sites for hydroxylation is 1. The second-order valence-corrected chi connectivity index (χ2v) is 5.22. The normalized spacial score (nSPS) is 10.8. The van der Waals surface area contributed by atoms with Crippen molar-refractivity contribution in [3.63, 3.8) is 0 Å². The molecule has 0 aliphatic rings. The number of amides is 1. The highest BCUT2D eigenvalue weighted by Gasteiger charge is 2.07. The summed E-state index contributed by atoms with van der Waals surface area (Å²) in [6, 6.07) is 5.43. The van der Waals surface area contributed by atoms with Crippen LogP contribution in [-0.4, -0.2) is 20.5 Å². The van der Waals surface area contributed by atoms with E-state index in [0.29, 0.717) is 12.1 Å². The maximum Gasteiger partial charge on any atom is 0.251 e. The predicted molar refractivity (Wildman–Crippen MR) is 73.2 cm³/mol. The summed E-state index contributed by atoms with van der Waals surface area (Å²) < 4.78 is 1.72. The maximum absolute atomic E-state index is 12.0. The number of fused-ring (bicyclic) bond motifs is 1. The number of hydrogen-bond acceptors (Lipinski definition) is 4. The van der Waals surface area contributed by atoms with Crippen LogP contribution in [0.2, 0.25) is 0 Å². The molecular formula is C13H12N4OS. The third-order valence-electron chi connectivity index (χ3n) is 2.76. The lowest BCUT2D eigenvalue weighted by atomic mass is 10.2. The minimum atomic E-state index is -0.102. The standard InChI is InChI=1S/C13H12N4OS/c1-9-16-11(8-19-9)7-14-13(18)10-3-5-17-12(6-10)2-4-15-17/h2-6,8H,7H2,1H3,(H,14,18). The van der Waals surface area contributed by atoms with Crippen molar-refractivity contribution in [2.45, 2.75) is 13.5 Å². The van der Waals surface area contributed by atoms with Gasteiger partial charge in [0.1, 0.15) is 0 Å². The smallest absolute Gasteiger partial charge is 0.251 e. The van der Waals surface area contributed by atoms with Crippen LogP contribution in [0, 0.1) is 6.92 Å². The first-order valence-corrected chi connectivity index (χ1v) is 6.73. The van der Waals surface area contributed by atoms with E-state index in [1.807, 2.05) is 24.4 Å². The Morgan fingerprint density at radius 2 is 2.37 bits per heavy atom. The highest BCUT2D eigenvalue weighted by molar-refractivity contribution is 7.09. The maximum atomic E-state index is 12.0. The van der Waals surface area contributed by atoms with E-state index in [1.54, 1.807) is 34.3 Å². The number of rotatable bonds is 3. The quantitative estimate of drug-likeness (QED) is 0.793. The molecule has 0 atom stereocenters. The van der Waals surface area contributed by atoms with Gasteiger partial charge in [0.15, 0.2) is 0 Å². The van der Waals surface area contributed by atoms with Crippen LogP contribution in [0.1, 0.15) is 21.1 Å². The van der Waals surface area contributed by atoms with Crippen molar-refractivity contribution in [3.8, 4) is 0 Å². The number of pyridine rings is 1. The van der Waals surface area contributed by atoms with Gasteiger partial charge >= 0.3 is 0 Å². The molecule has 96 valence electrons. The molecule has 0 bridgehead atoms. The molecule has 0 radical (unpaired) electrons. The van der Waals surface area contributed by atoms with Crippen LogP contribution < -0.4 is 5.32 Å². The molecule has 1 amide bonds. The van der Waals surface area contributed by atoms with Crippen molar-refractivity contribution >= 4 is 22.8 Å². The summed E-state index contributed by atoms with van der Waals surface area (Å²) in [6.07, 6.45) is 3.48. The monoisotopic (exact) mass is 272 g/mol. The van der Waals surface area contributed by atoms with E-state index in [9.17, 15) is 4.79 Å². The van der Waals surface area contributed by atoms with E-state index in [2.05, 4.69) is 15.4 Å². The largest absolute Gasteiger partial charge is 0.346 e. The van der Waals surface area contributed by atoms with Gasteiger partial charge in [0.25, 0.3) is 5.91 Å². The molecule has 0 saturated carbocycles. The van der Waals surface area contributed by atoms with Gasteiger partial charge in [-0.05, 0) is 25.1 Å². The zero-order valence-corrected chi connectivity index (χ0v) is 11.1. The van der Waals surface area contributed by atoms with Gasteiger partial charge in [0.05, 0.1) is 22.8 Å². The van der Waals surface area contributed by atoms with Crippen molar-refractivity contribution in [3.05, 3.63) is 52.2 Å². The number of thiazole rings is 1. The van der Waals surface area contributed by atoms with Crippen LogP contribution in [-0.2, 0) is 6.54 Å². The SMILES string of the molecule is Cc1nc(CNC(=O)c2ccn3nccc3c2)cs1. The van der Waals surface area contributed by atoms with E-state index >= 15 is 0 Å². The fourth-order valence-electron chi connectivity index (χ4n) is 1.83. The summed E-state index contributed by atoms with van der Waals surface area (Å²) in [5.41, 5.74) is 2.42. The Morgan fingerprint density at radius 3 is 3.16 bits per heavy atom. The van der Waals surface area contributed by atoms with Gasteiger partial charge in [-0.25, -0.2) is 9.50 Å². The van der Waals surface area contributed by atoms with Crippen LogP contribution in [0.5, 0.6) is 0 Å². The number of nitrogens with one attached hydrogen (secondary N) is 1. The first kappa shape index (κ1) is 11.9. The van der Waals surface area contributed by atoms with Crippen molar-refractivity contribution in [1.82, 2.24) is 19.9 Å². The van der Waals surface area contributed by atoms with E-state index in [-0.39, 0.29) is 5.91 Å². The van der Waals surface area contributed by atoms with Crippen molar-refractivity contribution < 1.29 is 4.79 Å². The third kappa shape index (κ3) is 2.48. The van der Waals surface area contributed by atoms with E-state index in [0.717, 1.165) is 16.2 Å². The number of aromatic nitrogens is 3. The summed E-state index contributed by atoms with van der Waals surface area (Å²) in [5, 5.41) is 9.91. The molecule has 5 nitrogen and oxygen atoms in total. The molecule has 3 aromatic rings. The van der Waals surface area contributed by atoms with Gasteiger partial charge in [0.2, 0.25) is 0 Å². The highest BCUT2D eigenvalue weighted by atomic mass is 32.1. The van der Waals surface area contributed by atoms with Gasteiger partial charge in [-0.2, -0.15) is 5.10 Å². The van der Waals surface area contributed by atoms with Crippen LogP contribution in [0.15, 0.2) is 36.0 Å². The molecule has 1 N–H and O–H groups in total. The summed E-state index contributed by atoms with van der Waals surface area (Å²) >= 11 is 1.58. The Labute approximate surface area is 113 Å². The average molecular weight is 272 g/mol. The summed E-state index contributed by atoms with van der Waals surface area (Å²) in [7, 11) is 0. The fraction of sp³-hybridized carbons (Fsp3) is 0.154. The summed E-state index contributed by atoms with van der Waals surface area (Å²) in [4.78, 5) is 16.3. The Bertz CT molecular complexity index is 731. The Kier molecular flexibility index (Phi) is 3.00. The molecule has 0 fully saturated rings. The average Bonchev–Trinajstić information content (AvgIpc) is 3.03. The lowest BCUT2D eigenvalue weighted by Gasteiger charge is -2.03. The van der Waals surface area contributed by atoms with Crippen LogP contribution in [0.4, 0.5) is 0 Å². The number of carbonyl (C=O) groups excluding carboxylic acids is 1. The second-order valence-electron chi connectivity index (χ2n) is 4.16. The molecule has 3 rings (SSSR count). The zero-order chi connectivity index (χ0) is 13.2.